The Bertz CT molecular complexity index is 458. The minimum absolute atomic E-state index is 0.517. The van der Waals surface area contributed by atoms with Gasteiger partial charge < -0.3 is 11.1 Å². The molecule has 0 saturated heterocycles. The van der Waals surface area contributed by atoms with Gasteiger partial charge in [-0.2, -0.15) is 0 Å². The van der Waals surface area contributed by atoms with Crippen LogP contribution < -0.4 is 11.1 Å². The summed E-state index contributed by atoms with van der Waals surface area (Å²) in [4.78, 5) is 9.03. The molecule has 1 heterocycles. The molecule has 1 saturated carbocycles. The van der Waals surface area contributed by atoms with Crippen LogP contribution in [0.1, 0.15) is 57.8 Å². The average molecular weight is 276 g/mol. The Morgan fingerprint density at radius 3 is 2.60 bits per heavy atom. The lowest BCUT2D eigenvalue weighted by atomic mass is 9.79. The Hall–Kier alpha value is -1.32. The molecule has 1 fully saturated rings. The van der Waals surface area contributed by atoms with E-state index in [4.69, 9.17) is 5.73 Å². The van der Waals surface area contributed by atoms with Crippen LogP contribution in [0.5, 0.6) is 0 Å². The number of nitrogen functional groups attached to an aromatic ring is 1. The maximum absolute atomic E-state index is 6.02. The van der Waals surface area contributed by atoms with Gasteiger partial charge in [-0.15, -0.1) is 0 Å². The number of nitrogens with two attached hydrogens (primary N) is 1. The zero-order chi connectivity index (χ0) is 14.7. The summed E-state index contributed by atoms with van der Waals surface area (Å²) in [6, 6.07) is 0.517. The molecule has 1 aromatic heterocycles. The number of aromatic nitrogens is 2. The van der Waals surface area contributed by atoms with Crippen LogP contribution in [0.25, 0.3) is 0 Å². The summed E-state index contributed by atoms with van der Waals surface area (Å²) in [6.07, 6.45) is 5.66. The first-order valence-corrected chi connectivity index (χ1v) is 7.90. The molecule has 0 spiro atoms. The lowest BCUT2D eigenvalue weighted by molar-refractivity contribution is 0.260. The molecule has 1 aliphatic rings. The Balaban J connectivity index is 2.12. The number of rotatable bonds is 4. The standard InChI is InChI=1S/C16H28N4/c1-5-6-14-19-15(17)12(4)16(20-14)18-13-8-7-10(2)11(3)9-13/h10-11,13H,5-9H2,1-4H3,(H3,17,18,19,20). The fourth-order valence-corrected chi connectivity index (χ4v) is 2.93. The smallest absolute Gasteiger partial charge is 0.134 e. The Kier molecular flexibility index (Phi) is 4.84. The second-order valence-corrected chi connectivity index (χ2v) is 6.36. The van der Waals surface area contributed by atoms with E-state index in [0.29, 0.717) is 11.9 Å². The molecular formula is C16H28N4. The summed E-state index contributed by atoms with van der Waals surface area (Å²) in [5, 5.41) is 3.61. The Morgan fingerprint density at radius 2 is 1.95 bits per heavy atom. The highest BCUT2D eigenvalue weighted by atomic mass is 15.1. The molecule has 0 bridgehead atoms. The maximum Gasteiger partial charge on any atom is 0.134 e. The summed E-state index contributed by atoms with van der Waals surface area (Å²) in [6.45, 7) is 8.84. The largest absolute Gasteiger partial charge is 0.383 e. The van der Waals surface area contributed by atoms with Crippen LogP contribution >= 0.6 is 0 Å². The van der Waals surface area contributed by atoms with Gasteiger partial charge in [0.05, 0.1) is 0 Å². The van der Waals surface area contributed by atoms with Crippen molar-refractivity contribution in [1.29, 1.82) is 0 Å². The fraction of sp³-hybridized carbons (Fsp3) is 0.750. The maximum atomic E-state index is 6.02. The third-order valence-corrected chi connectivity index (χ3v) is 4.64. The fourth-order valence-electron chi connectivity index (χ4n) is 2.93. The van der Waals surface area contributed by atoms with Crippen molar-refractivity contribution in [3.63, 3.8) is 0 Å². The number of aryl methyl sites for hydroxylation is 1. The molecule has 0 aromatic carbocycles. The SMILES string of the molecule is CCCc1nc(N)c(C)c(NC2CCC(C)C(C)C2)n1. The number of hydrogen-bond acceptors (Lipinski definition) is 4. The quantitative estimate of drug-likeness (QED) is 0.882. The summed E-state index contributed by atoms with van der Waals surface area (Å²) >= 11 is 0. The molecular weight excluding hydrogens is 248 g/mol. The molecule has 20 heavy (non-hydrogen) atoms. The van der Waals surface area contributed by atoms with E-state index < -0.39 is 0 Å². The molecule has 0 aliphatic heterocycles. The summed E-state index contributed by atoms with van der Waals surface area (Å²) in [5.41, 5.74) is 7.00. The third kappa shape index (κ3) is 3.41. The van der Waals surface area contributed by atoms with Crippen LogP contribution in [-0.2, 0) is 6.42 Å². The minimum Gasteiger partial charge on any atom is -0.383 e. The first-order valence-electron chi connectivity index (χ1n) is 7.90. The Morgan fingerprint density at radius 1 is 1.20 bits per heavy atom. The van der Waals surface area contributed by atoms with E-state index in [0.717, 1.165) is 41.9 Å². The van der Waals surface area contributed by atoms with Gasteiger partial charge in [-0.1, -0.05) is 20.8 Å². The number of hydrogen-bond donors (Lipinski definition) is 2. The van der Waals surface area contributed by atoms with E-state index >= 15 is 0 Å². The highest BCUT2D eigenvalue weighted by Gasteiger charge is 2.25. The average Bonchev–Trinajstić information content (AvgIpc) is 2.40. The van der Waals surface area contributed by atoms with Crippen molar-refractivity contribution in [2.75, 3.05) is 11.1 Å². The Labute approximate surface area is 122 Å². The zero-order valence-corrected chi connectivity index (χ0v) is 13.2. The van der Waals surface area contributed by atoms with Crippen LogP contribution in [0.3, 0.4) is 0 Å². The predicted molar refractivity (Wildman–Crippen MR) is 84.8 cm³/mol. The van der Waals surface area contributed by atoms with E-state index in [1.807, 2.05) is 6.92 Å². The predicted octanol–water partition coefficient (Wildman–Crippen LogP) is 3.56. The van der Waals surface area contributed by atoms with Gasteiger partial charge in [-0.3, -0.25) is 0 Å². The van der Waals surface area contributed by atoms with Crippen molar-refractivity contribution < 1.29 is 0 Å². The molecule has 2 rings (SSSR count). The zero-order valence-electron chi connectivity index (χ0n) is 13.2. The van der Waals surface area contributed by atoms with E-state index in [9.17, 15) is 0 Å². The van der Waals surface area contributed by atoms with Crippen LogP contribution in [0.15, 0.2) is 0 Å². The van der Waals surface area contributed by atoms with Crippen LogP contribution in [0.2, 0.25) is 0 Å². The molecule has 3 atom stereocenters. The van der Waals surface area contributed by atoms with Crippen LogP contribution in [0.4, 0.5) is 11.6 Å². The number of nitrogens with one attached hydrogen (secondary N) is 1. The molecule has 1 aromatic rings. The van der Waals surface area contributed by atoms with Gasteiger partial charge in [0.25, 0.3) is 0 Å². The topological polar surface area (TPSA) is 63.8 Å². The summed E-state index contributed by atoms with van der Waals surface area (Å²) in [7, 11) is 0. The molecule has 3 N–H and O–H groups in total. The van der Waals surface area contributed by atoms with Crippen molar-refractivity contribution in [2.24, 2.45) is 11.8 Å². The van der Waals surface area contributed by atoms with Crippen molar-refractivity contribution >= 4 is 11.6 Å². The highest BCUT2D eigenvalue weighted by molar-refractivity contribution is 5.55. The van der Waals surface area contributed by atoms with E-state index in [-0.39, 0.29) is 0 Å². The van der Waals surface area contributed by atoms with E-state index in [2.05, 4.69) is 36.1 Å². The number of nitrogens with zero attached hydrogens (tertiary/aromatic N) is 2. The monoisotopic (exact) mass is 276 g/mol. The summed E-state index contributed by atoms with van der Waals surface area (Å²) < 4.78 is 0. The molecule has 1 aliphatic carbocycles. The molecule has 4 nitrogen and oxygen atoms in total. The van der Waals surface area contributed by atoms with Gasteiger partial charge >= 0.3 is 0 Å². The van der Waals surface area contributed by atoms with Crippen molar-refractivity contribution in [1.82, 2.24) is 9.97 Å². The minimum atomic E-state index is 0.517. The van der Waals surface area contributed by atoms with Gasteiger partial charge in [0.1, 0.15) is 17.5 Å². The molecule has 3 unspecified atom stereocenters. The molecule has 4 heteroatoms. The lowest BCUT2D eigenvalue weighted by Crippen LogP contribution is -2.31. The van der Waals surface area contributed by atoms with Gasteiger partial charge in [0.2, 0.25) is 0 Å². The lowest BCUT2D eigenvalue weighted by Gasteiger charge is -2.33. The summed E-state index contributed by atoms with van der Waals surface area (Å²) in [5.74, 6) is 4.02. The first-order chi connectivity index (χ1) is 9.51. The third-order valence-electron chi connectivity index (χ3n) is 4.64. The second-order valence-electron chi connectivity index (χ2n) is 6.36. The van der Waals surface area contributed by atoms with E-state index in [1.54, 1.807) is 0 Å². The van der Waals surface area contributed by atoms with Gasteiger partial charge in [-0.25, -0.2) is 9.97 Å². The van der Waals surface area contributed by atoms with Crippen molar-refractivity contribution in [2.45, 2.75) is 65.8 Å². The highest BCUT2D eigenvalue weighted by Crippen LogP contribution is 2.31. The van der Waals surface area contributed by atoms with Crippen molar-refractivity contribution in [3.8, 4) is 0 Å². The van der Waals surface area contributed by atoms with Gasteiger partial charge in [-0.05, 0) is 44.4 Å². The first kappa shape index (κ1) is 15.1. The molecule has 112 valence electrons. The van der Waals surface area contributed by atoms with Crippen LogP contribution in [0, 0.1) is 18.8 Å². The molecule has 0 radical (unpaired) electrons. The van der Waals surface area contributed by atoms with Gasteiger partial charge in [0.15, 0.2) is 0 Å². The second kappa shape index (κ2) is 6.42. The molecule has 0 amide bonds. The van der Waals surface area contributed by atoms with Gasteiger partial charge in [0, 0.05) is 18.0 Å². The van der Waals surface area contributed by atoms with E-state index in [1.165, 1.54) is 19.3 Å². The van der Waals surface area contributed by atoms with Crippen LogP contribution in [-0.4, -0.2) is 16.0 Å². The number of anilines is 2. The normalized spacial score (nSPS) is 26.5. The van der Waals surface area contributed by atoms with Crippen molar-refractivity contribution in [3.05, 3.63) is 11.4 Å².